The highest BCUT2D eigenvalue weighted by molar-refractivity contribution is 6.34. The van der Waals surface area contributed by atoms with Gasteiger partial charge in [-0.25, -0.2) is 4.57 Å². The van der Waals surface area contributed by atoms with Crippen molar-refractivity contribution in [3.05, 3.63) is 99.9 Å². The number of nitro groups is 1. The van der Waals surface area contributed by atoms with Gasteiger partial charge in [-0.05, 0) is 29.8 Å². The number of rotatable bonds is 4. The van der Waals surface area contributed by atoms with Gasteiger partial charge in [0.05, 0.1) is 4.92 Å². The minimum Gasteiger partial charge on any atom is -1.00 e. The molecule has 0 fully saturated rings. The van der Waals surface area contributed by atoms with Gasteiger partial charge in [0.2, 0.25) is 0 Å². The van der Waals surface area contributed by atoms with E-state index in [9.17, 15) is 14.9 Å². The van der Waals surface area contributed by atoms with Gasteiger partial charge in [0.1, 0.15) is 0 Å². The third kappa shape index (κ3) is 3.92. The molecule has 4 rings (SSSR count). The second-order valence-corrected chi connectivity index (χ2v) is 6.29. The highest BCUT2D eigenvalue weighted by atomic mass is 35.5. The molecule has 0 aliphatic carbocycles. The molecular formula is C21H16ClN3O3. The number of anilines is 1. The van der Waals surface area contributed by atoms with E-state index in [2.05, 4.69) is 5.32 Å². The molecule has 28 heavy (non-hydrogen) atoms. The van der Waals surface area contributed by atoms with Gasteiger partial charge in [-0.2, -0.15) is 0 Å². The van der Waals surface area contributed by atoms with E-state index in [0.717, 1.165) is 22.4 Å². The number of fused-ring (bicyclic) bond motifs is 1. The van der Waals surface area contributed by atoms with Crippen molar-refractivity contribution >= 4 is 28.9 Å². The minimum absolute atomic E-state index is 0. The molecule has 1 N–H and O–H groups in total. The maximum atomic E-state index is 12.2. The van der Waals surface area contributed by atoms with Crippen LogP contribution in [0.25, 0.3) is 11.6 Å². The largest absolute Gasteiger partial charge is 1.00 e. The number of non-ortho nitro benzene ring substituents is 1. The number of amides is 1. The first-order chi connectivity index (χ1) is 13.1. The van der Waals surface area contributed by atoms with E-state index in [1.165, 1.54) is 12.1 Å². The minimum atomic E-state index is -0.406. The van der Waals surface area contributed by atoms with Crippen LogP contribution in [0.5, 0.6) is 0 Å². The monoisotopic (exact) mass is 393 g/mol. The van der Waals surface area contributed by atoms with Gasteiger partial charge in [0.25, 0.3) is 11.6 Å². The molecule has 0 spiro atoms. The molecule has 0 unspecified atom stereocenters. The number of carbonyl (C=O) groups excluding carboxylic acids is 1. The summed E-state index contributed by atoms with van der Waals surface area (Å²) in [6.45, 7) is 0.609. The lowest BCUT2D eigenvalue weighted by atomic mass is 10.0. The summed E-state index contributed by atoms with van der Waals surface area (Å²) in [5.74, 6) is -0.0983. The fourth-order valence-electron chi connectivity index (χ4n) is 3.05. The normalized spacial score (nSPS) is 13.6. The Labute approximate surface area is 167 Å². The van der Waals surface area contributed by atoms with Crippen molar-refractivity contribution in [2.24, 2.45) is 0 Å². The zero-order valence-electron chi connectivity index (χ0n) is 14.7. The summed E-state index contributed by atoms with van der Waals surface area (Å²) >= 11 is 0. The second kappa shape index (κ2) is 8.02. The van der Waals surface area contributed by atoms with Crippen LogP contribution in [0.2, 0.25) is 0 Å². The second-order valence-electron chi connectivity index (χ2n) is 6.29. The topological polar surface area (TPSA) is 76.1 Å². The van der Waals surface area contributed by atoms with Gasteiger partial charge >= 0.3 is 0 Å². The number of nitrogens with zero attached hydrogens (tertiary/aromatic N) is 2. The zero-order valence-corrected chi connectivity index (χ0v) is 15.5. The van der Waals surface area contributed by atoms with Gasteiger partial charge in [-0.1, -0.05) is 18.2 Å². The van der Waals surface area contributed by atoms with Gasteiger partial charge in [-0.15, -0.1) is 0 Å². The van der Waals surface area contributed by atoms with Crippen LogP contribution in [0, 0.1) is 10.1 Å². The number of carbonyl (C=O) groups is 1. The zero-order chi connectivity index (χ0) is 18.8. The predicted octanol–water partition coefficient (Wildman–Crippen LogP) is 0.427. The number of benzene rings is 2. The fraction of sp³-hybridized carbons (Fsp3) is 0.0476. The lowest BCUT2D eigenvalue weighted by Gasteiger charge is -2.00. The molecule has 2 aromatic carbocycles. The maximum absolute atomic E-state index is 12.2. The van der Waals surface area contributed by atoms with Crippen LogP contribution >= 0.6 is 0 Å². The van der Waals surface area contributed by atoms with Crippen LogP contribution in [0.1, 0.15) is 16.7 Å². The van der Waals surface area contributed by atoms with E-state index in [1.54, 1.807) is 12.1 Å². The van der Waals surface area contributed by atoms with E-state index >= 15 is 0 Å². The van der Waals surface area contributed by atoms with Crippen molar-refractivity contribution in [1.29, 1.82) is 0 Å². The van der Waals surface area contributed by atoms with Crippen LogP contribution in [0.15, 0.2) is 73.1 Å². The molecule has 0 saturated carbocycles. The Morgan fingerprint density at radius 2 is 1.68 bits per heavy atom. The molecule has 2 heterocycles. The number of para-hydroxylation sites is 1. The Morgan fingerprint density at radius 3 is 2.36 bits per heavy atom. The van der Waals surface area contributed by atoms with Crippen molar-refractivity contribution in [1.82, 2.24) is 0 Å². The third-order valence-electron chi connectivity index (χ3n) is 4.45. The molecule has 0 bridgehead atoms. The first kappa shape index (κ1) is 19.3. The average molecular weight is 394 g/mol. The average Bonchev–Trinajstić information content (AvgIpc) is 2.99. The van der Waals surface area contributed by atoms with Crippen molar-refractivity contribution in [2.45, 2.75) is 6.54 Å². The molecule has 7 heteroatoms. The molecule has 1 aliphatic heterocycles. The number of aromatic nitrogens is 1. The molecular weight excluding hydrogens is 378 g/mol. The summed E-state index contributed by atoms with van der Waals surface area (Å²) in [6.07, 6.45) is 5.72. The molecule has 1 amide bonds. The Hall–Kier alpha value is -3.51. The summed E-state index contributed by atoms with van der Waals surface area (Å²) in [6, 6.07) is 18.0. The predicted molar refractivity (Wildman–Crippen MR) is 102 cm³/mol. The number of pyridine rings is 1. The highest BCUT2D eigenvalue weighted by Gasteiger charge is 2.23. The van der Waals surface area contributed by atoms with E-state index in [4.69, 9.17) is 0 Å². The van der Waals surface area contributed by atoms with Crippen LogP contribution in [0.4, 0.5) is 11.4 Å². The van der Waals surface area contributed by atoms with Crippen LogP contribution in [0.3, 0.4) is 0 Å². The fourth-order valence-corrected chi connectivity index (χ4v) is 3.05. The molecule has 3 aromatic rings. The van der Waals surface area contributed by atoms with E-state index < -0.39 is 4.92 Å². The molecule has 6 nitrogen and oxygen atoms in total. The number of hydrogen-bond acceptors (Lipinski definition) is 3. The molecule has 140 valence electrons. The van der Waals surface area contributed by atoms with Gasteiger partial charge in [-0.3, -0.25) is 14.9 Å². The molecule has 0 radical (unpaired) electrons. The lowest BCUT2D eigenvalue weighted by molar-refractivity contribution is -0.688. The molecule has 0 saturated heterocycles. The number of hydrogen-bond donors (Lipinski definition) is 1. The van der Waals surface area contributed by atoms with Crippen molar-refractivity contribution in [2.75, 3.05) is 5.32 Å². The van der Waals surface area contributed by atoms with E-state index in [0.29, 0.717) is 12.1 Å². The smallest absolute Gasteiger partial charge is 0.269 e. The maximum Gasteiger partial charge on any atom is 0.269 e. The van der Waals surface area contributed by atoms with Gasteiger partial charge in [0, 0.05) is 46.7 Å². The van der Waals surface area contributed by atoms with Crippen molar-refractivity contribution in [3.8, 4) is 0 Å². The summed E-state index contributed by atoms with van der Waals surface area (Å²) in [5.41, 5.74) is 4.38. The molecule has 0 atom stereocenters. The summed E-state index contributed by atoms with van der Waals surface area (Å²) in [5, 5.41) is 13.6. The summed E-state index contributed by atoms with van der Waals surface area (Å²) in [4.78, 5) is 22.5. The number of halogens is 1. The Balaban J connectivity index is 0.00000225. The summed E-state index contributed by atoms with van der Waals surface area (Å²) < 4.78 is 1.98. The number of nitro benzene ring substituents is 1. The highest BCUT2D eigenvalue weighted by Crippen LogP contribution is 2.32. The van der Waals surface area contributed by atoms with Crippen LogP contribution in [-0.4, -0.2) is 10.8 Å². The van der Waals surface area contributed by atoms with Crippen molar-refractivity contribution in [3.63, 3.8) is 0 Å². The van der Waals surface area contributed by atoms with Crippen molar-refractivity contribution < 1.29 is 26.7 Å². The Bertz CT molecular complexity index is 1060. The van der Waals surface area contributed by atoms with Crippen LogP contribution < -0.4 is 22.3 Å². The third-order valence-corrected chi connectivity index (χ3v) is 4.45. The first-order valence-electron chi connectivity index (χ1n) is 8.45. The lowest BCUT2D eigenvalue weighted by Crippen LogP contribution is -3.00. The molecule has 1 aliphatic rings. The van der Waals surface area contributed by atoms with E-state index in [-0.39, 0.29) is 24.0 Å². The van der Waals surface area contributed by atoms with Gasteiger partial charge in [0.15, 0.2) is 18.9 Å². The first-order valence-corrected chi connectivity index (χ1v) is 8.45. The van der Waals surface area contributed by atoms with E-state index in [1.807, 2.05) is 59.4 Å². The Kier molecular flexibility index (Phi) is 5.52. The number of nitrogens with one attached hydrogen (secondary N) is 1. The van der Waals surface area contributed by atoms with Crippen LogP contribution in [-0.2, 0) is 11.3 Å². The van der Waals surface area contributed by atoms with Gasteiger partial charge < -0.3 is 17.7 Å². The molecule has 1 aromatic heterocycles. The standard InChI is InChI=1S/C21H15N3O3.ClH/c25-21-19(18-3-1-2-4-20(18)22-21)13-15-9-11-23(12-10-15)14-16-5-7-17(8-6-16)24(26)27;/h1-13H,14H2;1H. The summed E-state index contributed by atoms with van der Waals surface area (Å²) in [7, 11) is 0. The Morgan fingerprint density at radius 1 is 1.00 bits per heavy atom. The quantitative estimate of drug-likeness (QED) is 0.302. The SMILES string of the molecule is O=C1Nc2ccccc2/C1=C\c1cc[n+](Cc2ccc([N+](=O)[O-])cc2)cc1.[Cl-].